The van der Waals surface area contributed by atoms with Crippen molar-refractivity contribution >= 4 is 0 Å². The van der Waals surface area contributed by atoms with Crippen molar-refractivity contribution in [3.05, 3.63) is 35.9 Å². The highest BCUT2D eigenvalue weighted by molar-refractivity contribution is 5.27. The van der Waals surface area contributed by atoms with Crippen LogP contribution in [0.4, 0.5) is 0 Å². The maximum absolute atomic E-state index is 3.68. The highest BCUT2D eigenvalue weighted by Crippen LogP contribution is 2.40. The molecular weight excluding hydrogens is 220 g/mol. The Morgan fingerprint density at radius 1 is 1.11 bits per heavy atom. The molecule has 1 N–H and O–H groups in total. The molecule has 2 heteroatoms. The first-order valence-electron chi connectivity index (χ1n) is 7.20. The molecule has 0 heterocycles. The lowest BCUT2D eigenvalue weighted by molar-refractivity contribution is 0.390. The summed E-state index contributed by atoms with van der Waals surface area (Å²) in [6.07, 6.45) is 5.29. The van der Waals surface area contributed by atoms with Gasteiger partial charge in [0.1, 0.15) is 0 Å². The third-order valence-electron chi connectivity index (χ3n) is 3.71. The van der Waals surface area contributed by atoms with Crippen molar-refractivity contribution in [2.75, 3.05) is 27.2 Å². The first-order chi connectivity index (χ1) is 8.77. The van der Waals surface area contributed by atoms with Gasteiger partial charge in [-0.2, -0.15) is 0 Å². The molecule has 1 aromatic rings. The van der Waals surface area contributed by atoms with E-state index in [1.807, 2.05) is 0 Å². The fourth-order valence-corrected chi connectivity index (χ4v) is 2.51. The van der Waals surface area contributed by atoms with Crippen molar-refractivity contribution in [1.82, 2.24) is 10.2 Å². The highest BCUT2D eigenvalue weighted by atomic mass is 15.0. The van der Waals surface area contributed by atoms with Crippen molar-refractivity contribution in [2.24, 2.45) is 0 Å². The van der Waals surface area contributed by atoms with Crippen molar-refractivity contribution in [2.45, 2.75) is 37.6 Å². The minimum atomic E-state index is 0.737. The topological polar surface area (TPSA) is 15.3 Å². The van der Waals surface area contributed by atoms with E-state index in [0.29, 0.717) is 0 Å². The zero-order valence-corrected chi connectivity index (χ0v) is 11.7. The van der Waals surface area contributed by atoms with Crippen LogP contribution in [0.2, 0.25) is 0 Å². The molecule has 1 aliphatic carbocycles. The minimum absolute atomic E-state index is 0.737. The fraction of sp³-hybridized carbons (Fsp3) is 0.625. The number of nitrogens with zero attached hydrogens (tertiary/aromatic N) is 1. The van der Waals surface area contributed by atoms with E-state index in [9.17, 15) is 0 Å². The Kier molecular flexibility index (Phi) is 5.21. The molecule has 0 saturated heterocycles. The summed E-state index contributed by atoms with van der Waals surface area (Å²) in [6.45, 7) is 2.40. The molecule has 1 aliphatic rings. The van der Waals surface area contributed by atoms with E-state index in [4.69, 9.17) is 0 Å². The van der Waals surface area contributed by atoms with Gasteiger partial charge in [-0.15, -0.1) is 0 Å². The maximum atomic E-state index is 3.68. The van der Waals surface area contributed by atoms with E-state index in [0.717, 1.165) is 12.0 Å². The summed E-state index contributed by atoms with van der Waals surface area (Å²) in [5.74, 6) is 0.771. The zero-order valence-electron chi connectivity index (χ0n) is 11.7. The molecule has 0 bridgehead atoms. The molecule has 0 aliphatic heterocycles. The molecule has 1 unspecified atom stereocenters. The zero-order chi connectivity index (χ0) is 12.8. The number of unbranched alkanes of at least 4 members (excludes halogenated alkanes) is 2. The van der Waals surface area contributed by atoms with E-state index in [2.05, 4.69) is 54.6 Å². The smallest absolute Gasteiger partial charge is 0.0143 e. The average Bonchev–Trinajstić information content (AvgIpc) is 3.14. The van der Waals surface area contributed by atoms with Gasteiger partial charge in [-0.25, -0.2) is 0 Å². The van der Waals surface area contributed by atoms with Gasteiger partial charge in [0, 0.05) is 12.0 Å². The largest absolute Gasteiger partial charge is 0.313 e. The lowest BCUT2D eigenvalue weighted by atomic mass is 10.1. The molecular formula is C16H26N2. The van der Waals surface area contributed by atoms with Crippen LogP contribution in [0.3, 0.4) is 0 Å². The molecule has 0 aromatic heterocycles. The molecule has 1 aromatic carbocycles. The molecule has 0 radical (unpaired) electrons. The molecule has 2 rings (SSSR count). The Hall–Kier alpha value is -0.860. The highest BCUT2D eigenvalue weighted by Gasteiger charge is 2.37. The number of nitrogens with one attached hydrogen (secondary N) is 1. The number of hydrogen-bond donors (Lipinski definition) is 1. The summed E-state index contributed by atoms with van der Waals surface area (Å²) >= 11 is 0. The van der Waals surface area contributed by atoms with E-state index >= 15 is 0 Å². The van der Waals surface area contributed by atoms with Gasteiger partial charge in [-0.3, -0.25) is 0 Å². The van der Waals surface area contributed by atoms with Crippen LogP contribution in [-0.4, -0.2) is 38.1 Å². The first-order valence-corrected chi connectivity index (χ1v) is 7.20. The third-order valence-corrected chi connectivity index (χ3v) is 3.71. The second-order valence-electron chi connectivity index (χ2n) is 5.68. The normalized spacial score (nSPS) is 22.4. The first kappa shape index (κ1) is 13.6. The van der Waals surface area contributed by atoms with Crippen LogP contribution in [0, 0.1) is 0 Å². The quantitative estimate of drug-likeness (QED) is 0.710. The fourth-order valence-electron chi connectivity index (χ4n) is 2.51. The number of rotatable bonds is 8. The molecule has 0 spiro atoms. The van der Waals surface area contributed by atoms with Gasteiger partial charge in [0.15, 0.2) is 0 Å². The standard InChI is InChI=1S/C16H26N2/c1-18(2)12-8-4-7-11-17-16-13-15(16)14-9-5-3-6-10-14/h3,5-6,9-10,15-17H,4,7-8,11-13H2,1-2H3/t15?,16-/m0/s1. The molecule has 100 valence electrons. The predicted molar refractivity (Wildman–Crippen MR) is 78.0 cm³/mol. The van der Waals surface area contributed by atoms with Crippen molar-refractivity contribution in [1.29, 1.82) is 0 Å². The van der Waals surface area contributed by atoms with E-state index in [1.165, 1.54) is 44.3 Å². The third kappa shape index (κ3) is 4.43. The van der Waals surface area contributed by atoms with Crippen LogP contribution in [0.5, 0.6) is 0 Å². The lowest BCUT2D eigenvalue weighted by Crippen LogP contribution is -2.19. The monoisotopic (exact) mass is 246 g/mol. The molecule has 2 nitrogen and oxygen atoms in total. The average molecular weight is 246 g/mol. The Morgan fingerprint density at radius 3 is 2.61 bits per heavy atom. The van der Waals surface area contributed by atoms with Gasteiger partial charge < -0.3 is 10.2 Å². The van der Waals surface area contributed by atoms with Gasteiger partial charge >= 0.3 is 0 Å². The van der Waals surface area contributed by atoms with Crippen molar-refractivity contribution in [3.63, 3.8) is 0 Å². The van der Waals surface area contributed by atoms with E-state index < -0.39 is 0 Å². The van der Waals surface area contributed by atoms with Gasteiger partial charge in [0.2, 0.25) is 0 Å². The molecule has 18 heavy (non-hydrogen) atoms. The van der Waals surface area contributed by atoms with Gasteiger partial charge in [0.05, 0.1) is 0 Å². The minimum Gasteiger partial charge on any atom is -0.313 e. The van der Waals surface area contributed by atoms with E-state index in [1.54, 1.807) is 0 Å². The van der Waals surface area contributed by atoms with Gasteiger partial charge in [0.25, 0.3) is 0 Å². The van der Waals surface area contributed by atoms with Crippen LogP contribution in [0.15, 0.2) is 30.3 Å². The van der Waals surface area contributed by atoms with Crippen LogP contribution >= 0.6 is 0 Å². The van der Waals surface area contributed by atoms with Gasteiger partial charge in [-0.1, -0.05) is 36.8 Å². The summed E-state index contributed by atoms with van der Waals surface area (Å²) < 4.78 is 0. The molecule has 1 saturated carbocycles. The van der Waals surface area contributed by atoms with Crippen LogP contribution in [0.1, 0.15) is 37.2 Å². The SMILES string of the molecule is CN(C)CCCCCN[C@H]1CC1c1ccccc1. The molecule has 0 amide bonds. The predicted octanol–water partition coefficient (Wildman–Crippen LogP) is 2.86. The van der Waals surface area contributed by atoms with Gasteiger partial charge in [-0.05, 0) is 52.0 Å². The van der Waals surface area contributed by atoms with Crippen LogP contribution in [-0.2, 0) is 0 Å². The second kappa shape index (κ2) is 6.91. The summed E-state index contributed by atoms with van der Waals surface area (Å²) in [5, 5.41) is 3.68. The summed E-state index contributed by atoms with van der Waals surface area (Å²) in [4.78, 5) is 2.26. The summed E-state index contributed by atoms with van der Waals surface area (Å²) in [5.41, 5.74) is 1.50. The van der Waals surface area contributed by atoms with E-state index in [-0.39, 0.29) is 0 Å². The molecule has 2 atom stereocenters. The number of benzene rings is 1. The Labute approximate surface area is 111 Å². The summed E-state index contributed by atoms with van der Waals surface area (Å²) in [7, 11) is 4.29. The van der Waals surface area contributed by atoms with Crippen LogP contribution in [0.25, 0.3) is 0 Å². The Bertz CT molecular complexity index is 334. The number of hydrogen-bond acceptors (Lipinski definition) is 2. The Morgan fingerprint density at radius 2 is 1.89 bits per heavy atom. The van der Waals surface area contributed by atoms with Crippen LogP contribution < -0.4 is 5.32 Å². The lowest BCUT2D eigenvalue weighted by Gasteiger charge is -2.09. The Balaban J connectivity index is 1.52. The van der Waals surface area contributed by atoms with Crippen molar-refractivity contribution in [3.8, 4) is 0 Å². The summed E-state index contributed by atoms with van der Waals surface area (Å²) in [6, 6.07) is 11.6. The second-order valence-corrected chi connectivity index (χ2v) is 5.68. The maximum Gasteiger partial charge on any atom is 0.0143 e. The van der Waals surface area contributed by atoms with Crippen molar-refractivity contribution < 1.29 is 0 Å². The molecule has 1 fully saturated rings.